The number of nitrogens with zero attached hydrogens (tertiary/aromatic N) is 1. The average molecular weight is 284 g/mol. The Morgan fingerprint density at radius 1 is 1.19 bits per heavy atom. The molecule has 0 saturated carbocycles. The molecule has 1 atom stereocenters. The molecule has 3 nitrogen and oxygen atoms in total. The quantitative estimate of drug-likeness (QED) is 0.879. The molecule has 0 fully saturated rings. The van der Waals surface area contributed by atoms with Crippen molar-refractivity contribution in [1.82, 2.24) is 4.98 Å². The molecule has 112 valence electrons. The first-order valence-corrected chi connectivity index (χ1v) is 7.49. The van der Waals surface area contributed by atoms with Crippen LogP contribution >= 0.6 is 0 Å². The lowest BCUT2D eigenvalue weighted by atomic mass is 9.96. The van der Waals surface area contributed by atoms with E-state index in [-0.39, 0.29) is 6.04 Å². The molecule has 0 amide bonds. The van der Waals surface area contributed by atoms with E-state index in [2.05, 4.69) is 44.0 Å². The van der Waals surface area contributed by atoms with Crippen LogP contribution in [-0.4, -0.2) is 11.6 Å². The number of hydrogen-bond acceptors (Lipinski definition) is 3. The topological polar surface area (TPSA) is 48.1 Å². The second kappa shape index (κ2) is 7.23. The maximum absolute atomic E-state index is 6.35. The first-order valence-electron chi connectivity index (χ1n) is 7.49. The van der Waals surface area contributed by atoms with E-state index in [0.717, 1.165) is 24.2 Å². The number of pyridine rings is 1. The van der Waals surface area contributed by atoms with E-state index in [1.807, 2.05) is 12.3 Å². The van der Waals surface area contributed by atoms with Gasteiger partial charge in [0, 0.05) is 12.2 Å². The number of benzene rings is 1. The minimum atomic E-state index is -0.0665. The van der Waals surface area contributed by atoms with Crippen molar-refractivity contribution in [3.05, 3.63) is 58.9 Å². The summed E-state index contributed by atoms with van der Waals surface area (Å²) in [5.74, 6) is 0.797. The molecular formula is C18H24N2O. The van der Waals surface area contributed by atoms with Gasteiger partial charge in [-0.3, -0.25) is 4.98 Å². The molecule has 2 N–H and O–H groups in total. The second-order valence-corrected chi connectivity index (χ2v) is 5.54. The number of ether oxygens (including phenoxy) is 1. The first kappa shape index (κ1) is 15.5. The Bertz CT molecular complexity index is 596. The Hall–Kier alpha value is -1.87. The normalized spacial score (nSPS) is 12.2. The number of hydrogen-bond donors (Lipinski definition) is 1. The minimum Gasteiger partial charge on any atom is -0.492 e. The minimum absolute atomic E-state index is 0.0665. The van der Waals surface area contributed by atoms with Crippen molar-refractivity contribution in [2.24, 2.45) is 5.73 Å². The molecule has 2 rings (SSSR count). The fourth-order valence-electron chi connectivity index (χ4n) is 2.31. The molecule has 0 aliphatic rings. The predicted octanol–water partition coefficient (Wildman–Crippen LogP) is 3.73. The van der Waals surface area contributed by atoms with Gasteiger partial charge in [-0.25, -0.2) is 0 Å². The van der Waals surface area contributed by atoms with Gasteiger partial charge in [0.25, 0.3) is 0 Å². The number of nitrogens with two attached hydrogens (primary N) is 1. The van der Waals surface area contributed by atoms with Crippen LogP contribution in [0.3, 0.4) is 0 Å². The Kier molecular flexibility index (Phi) is 5.34. The van der Waals surface area contributed by atoms with Crippen LogP contribution in [0.5, 0.6) is 5.75 Å². The van der Waals surface area contributed by atoms with Gasteiger partial charge in [-0.15, -0.1) is 0 Å². The van der Waals surface area contributed by atoms with E-state index in [4.69, 9.17) is 10.5 Å². The van der Waals surface area contributed by atoms with E-state index in [9.17, 15) is 0 Å². The van der Waals surface area contributed by atoms with Crippen LogP contribution < -0.4 is 10.5 Å². The van der Waals surface area contributed by atoms with Crippen LogP contribution in [0.2, 0.25) is 0 Å². The molecule has 0 aliphatic heterocycles. The summed E-state index contributed by atoms with van der Waals surface area (Å²) in [7, 11) is 0. The molecular weight excluding hydrogens is 260 g/mol. The summed E-state index contributed by atoms with van der Waals surface area (Å²) in [4.78, 5) is 4.24. The van der Waals surface area contributed by atoms with Crippen molar-refractivity contribution in [2.75, 3.05) is 6.61 Å². The van der Waals surface area contributed by atoms with Crippen molar-refractivity contribution in [2.45, 2.75) is 39.7 Å². The van der Waals surface area contributed by atoms with Crippen molar-refractivity contribution in [3.8, 4) is 5.75 Å². The number of aromatic nitrogens is 1. The molecule has 0 saturated heterocycles. The van der Waals surface area contributed by atoms with Gasteiger partial charge in [-0.05, 0) is 49.4 Å². The van der Waals surface area contributed by atoms with Crippen LogP contribution in [0.4, 0.5) is 0 Å². The SMILES string of the molecule is CCCOc1cncc(C(N)Cc2cc(C)ccc2C)c1. The average Bonchev–Trinajstić information content (AvgIpc) is 2.49. The lowest BCUT2D eigenvalue weighted by Crippen LogP contribution is -2.14. The smallest absolute Gasteiger partial charge is 0.137 e. The molecule has 1 aromatic heterocycles. The highest BCUT2D eigenvalue weighted by Crippen LogP contribution is 2.22. The molecule has 1 aromatic carbocycles. The zero-order valence-electron chi connectivity index (χ0n) is 13.1. The molecule has 1 heterocycles. The van der Waals surface area contributed by atoms with Crippen LogP contribution in [0.1, 0.15) is 41.6 Å². The third-order valence-corrected chi connectivity index (χ3v) is 3.58. The monoisotopic (exact) mass is 284 g/mol. The maximum Gasteiger partial charge on any atom is 0.137 e. The second-order valence-electron chi connectivity index (χ2n) is 5.54. The third kappa shape index (κ3) is 4.30. The molecule has 2 aromatic rings. The van der Waals surface area contributed by atoms with Crippen LogP contribution in [0, 0.1) is 13.8 Å². The summed E-state index contributed by atoms with van der Waals surface area (Å²) in [5, 5.41) is 0. The van der Waals surface area contributed by atoms with Crippen molar-refractivity contribution in [1.29, 1.82) is 0 Å². The first-order chi connectivity index (χ1) is 10.1. The van der Waals surface area contributed by atoms with Gasteiger partial charge in [0.15, 0.2) is 0 Å². The highest BCUT2D eigenvalue weighted by molar-refractivity contribution is 5.33. The lowest BCUT2D eigenvalue weighted by molar-refractivity contribution is 0.315. The summed E-state index contributed by atoms with van der Waals surface area (Å²) in [6.07, 6.45) is 5.36. The summed E-state index contributed by atoms with van der Waals surface area (Å²) in [6.45, 7) is 7.02. The van der Waals surface area contributed by atoms with Crippen LogP contribution in [0.25, 0.3) is 0 Å². The third-order valence-electron chi connectivity index (χ3n) is 3.58. The Morgan fingerprint density at radius 2 is 2.00 bits per heavy atom. The Morgan fingerprint density at radius 3 is 2.76 bits per heavy atom. The van der Waals surface area contributed by atoms with Gasteiger partial charge >= 0.3 is 0 Å². The highest BCUT2D eigenvalue weighted by Gasteiger charge is 2.10. The van der Waals surface area contributed by atoms with Gasteiger partial charge in [-0.2, -0.15) is 0 Å². The largest absolute Gasteiger partial charge is 0.492 e. The van der Waals surface area contributed by atoms with E-state index >= 15 is 0 Å². The van der Waals surface area contributed by atoms with Gasteiger partial charge in [0.1, 0.15) is 5.75 Å². The van der Waals surface area contributed by atoms with Crippen molar-refractivity contribution < 1.29 is 4.74 Å². The molecule has 21 heavy (non-hydrogen) atoms. The molecule has 0 radical (unpaired) electrons. The van der Waals surface area contributed by atoms with Crippen LogP contribution in [-0.2, 0) is 6.42 Å². The zero-order valence-corrected chi connectivity index (χ0v) is 13.1. The van der Waals surface area contributed by atoms with Crippen LogP contribution in [0.15, 0.2) is 36.7 Å². The van der Waals surface area contributed by atoms with E-state index < -0.39 is 0 Å². The molecule has 0 bridgehead atoms. The predicted molar refractivity (Wildman–Crippen MR) is 86.6 cm³/mol. The Labute approximate surface area is 127 Å². The lowest BCUT2D eigenvalue weighted by Gasteiger charge is -2.15. The standard InChI is InChI=1S/C18H24N2O/c1-4-7-21-17-9-16(11-20-12-17)18(19)10-15-8-13(2)5-6-14(15)3/h5-6,8-9,11-12,18H,4,7,10,19H2,1-3H3. The van der Waals surface area contributed by atoms with Crippen molar-refractivity contribution >= 4 is 0 Å². The van der Waals surface area contributed by atoms with E-state index in [1.165, 1.54) is 16.7 Å². The summed E-state index contributed by atoms with van der Waals surface area (Å²) in [5.41, 5.74) is 11.2. The fourth-order valence-corrected chi connectivity index (χ4v) is 2.31. The number of rotatable bonds is 6. The highest BCUT2D eigenvalue weighted by atomic mass is 16.5. The van der Waals surface area contributed by atoms with Gasteiger partial charge in [0.05, 0.1) is 12.8 Å². The zero-order chi connectivity index (χ0) is 15.2. The van der Waals surface area contributed by atoms with Gasteiger partial charge < -0.3 is 10.5 Å². The number of aryl methyl sites for hydroxylation is 2. The van der Waals surface area contributed by atoms with E-state index in [1.54, 1.807) is 6.20 Å². The fraction of sp³-hybridized carbons (Fsp3) is 0.389. The summed E-state index contributed by atoms with van der Waals surface area (Å²) >= 11 is 0. The molecule has 3 heteroatoms. The maximum atomic E-state index is 6.35. The molecule has 1 unspecified atom stereocenters. The van der Waals surface area contributed by atoms with E-state index in [0.29, 0.717) is 6.61 Å². The molecule has 0 aliphatic carbocycles. The summed E-state index contributed by atoms with van der Waals surface area (Å²) < 4.78 is 5.62. The van der Waals surface area contributed by atoms with Gasteiger partial charge in [0.2, 0.25) is 0 Å². The summed E-state index contributed by atoms with van der Waals surface area (Å²) in [6, 6.07) is 8.42. The molecule has 0 spiro atoms. The van der Waals surface area contributed by atoms with Gasteiger partial charge in [-0.1, -0.05) is 30.7 Å². The Balaban J connectivity index is 2.12. The van der Waals surface area contributed by atoms with Crippen molar-refractivity contribution in [3.63, 3.8) is 0 Å².